The molecule has 92 valence electrons. The molecular formula is C13H11NO4. The third-order valence-electron chi connectivity index (χ3n) is 2.52. The highest BCUT2D eigenvalue weighted by atomic mass is 16.7. The number of methoxy groups -OCH3 is 1. The standard InChI is InChI=1S/C13H11NO4/c1-8-11(13(16)18-14-8)7-9-3-5-10(6-4-9)12(15)17-2/h3-7H,1-2H3/b11-7+. The lowest BCUT2D eigenvalue weighted by Gasteiger charge is -2.00. The van der Waals surface area contributed by atoms with E-state index >= 15 is 0 Å². The van der Waals surface area contributed by atoms with Crippen molar-refractivity contribution in [2.75, 3.05) is 7.11 Å². The van der Waals surface area contributed by atoms with Gasteiger partial charge in [-0.1, -0.05) is 17.3 Å². The molecule has 1 aliphatic rings. The fourth-order valence-corrected chi connectivity index (χ4v) is 1.52. The minimum atomic E-state index is -0.468. The van der Waals surface area contributed by atoms with Crippen LogP contribution in [-0.2, 0) is 14.4 Å². The summed E-state index contributed by atoms with van der Waals surface area (Å²) in [5, 5.41) is 3.58. The third-order valence-corrected chi connectivity index (χ3v) is 2.52. The minimum Gasteiger partial charge on any atom is -0.465 e. The first-order valence-electron chi connectivity index (χ1n) is 5.28. The van der Waals surface area contributed by atoms with Gasteiger partial charge in [0.05, 0.1) is 24.0 Å². The predicted octanol–water partition coefficient (Wildman–Crippen LogP) is 1.79. The quantitative estimate of drug-likeness (QED) is 0.452. The van der Waals surface area contributed by atoms with Crippen molar-refractivity contribution in [1.82, 2.24) is 0 Å². The van der Waals surface area contributed by atoms with Crippen molar-refractivity contribution < 1.29 is 19.2 Å². The maximum Gasteiger partial charge on any atom is 0.367 e. The molecule has 1 aliphatic heterocycles. The highest BCUT2D eigenvalue weighted by molar-refractivity contribution is 6.24. The highest BCUT2D eigenvalue weighted by Gasteiger charge is 2.21. The zero-order chi connectivity index (χ0) is 13.1. The number of rotatable bonds is 2. The smallest absolute Gasteiger partial charge is 0.367 e. The summed E-state index contributed by atoms with van der Waals surface area (Å²) in [7, 11) is 1.33. The van der Waals surface area contributed by atoms with Crippen LogP contribution in [0.4, 0.5) is 0 Å². The Kier molecular flexibility index (Phi) is 3.23. The van der Waals surface area contributed by atoms with Gasteiger partial charge in [-0.25, -0.2) is 9.59 Å². The number of hydrogen-bond donors (Lipinski definition) is 0. The van der Waals surface area contributed by atoms with Crippen LogP contribution in [0.3, 0.4) is 0 Å². The number of carbonyl (C=O) groups is 2. The molecular weight excluding hydrogens is 234 g/mol. The van der Waals surface area contributed by atoms with Gasteiger partial charge < -0.3 is 9.57 Å². The summed E-state index contributed by atoms with van der Waals surface area (Å²) in [5.41, 5.74) is 2.20. The maximum atomic E-state index is 11.3. The van der Waals surface area contributed by atoms with Crippen molar-refractivity contribution in [2.45, 2.75) is 6.92 Å². The van der Waals surface area contributed by atoms with Gasteiger partial charge in [0.2, 0.25) is 0 Å². The molecule has 0 spiro atoms. The van der Waals surface area contributed by atoms with Crippen molar-refractivity contribution >= 4 is 23.7 Å². The SMILES string of the molecule is COC(=O)c1ccc(/C=C2/C(=O)ON=C2C)cc1. The third kappa shape index (κ3) is 2.29. The molecule has 0 saturated carbocycles. The van der Waals surface area contributed by atoms with E-state index in [1.165, 1.54) is 7.11 Å². The Labute approximate surface area is 104 Å². The summed E-state index contributed by atoms with van der Waals surface area (Å²) < 4.78 is 4.60. The molecule has 1 aromatic carbocycles. The van der Waals surface area contributed by atoms with Crippen LogP contribution in [0.25, 0.3) is 6.08 Å². The molecule has 0 aliphatic carbocycles. The van der Waals surface area contributed by atoms with E-state index in [2.05, 4.69) is 14.7 Å². The topological polar surface area (TPSA) is 65.0 Å². The van der Waals surface area contributed by atoms with Gasteiger partial charge in [-0.3, -0.25) is 0 Å². The van der Waals surface area contributed by atoms with Crippen LogP contribution in [0.15, 0.2) is 35.0 Å². The Morgan fingerprint density at radius 2 is 2.00 bits per heavy atom. The minimum absolute atomic E-state index is 0.396. The second-order valence-corrected chi connectivity index (χ2v) is 3.73. The number of esters is 1. The predicted molar refractivity (Wildman–Crippen MR) is 65.0 cm³/mol. The summed E-state index contributed by atoms with van der Waals surface area (Å²) in [6.45, 7) is 1.69. The van der Waals surface area contributed by atoms with Crippen LogP contribution in [0.5, 0.6) is 0 Å². The van der Waals surface area contributed by atoms with Crippen molar-refractivity contribution in [3.63, 3.8) is 0 Å². The number of nitrogens with zero attached hydrogens (tertiary/aromatic N) is 1. The lowest BCUT2D eigenvalue weighted by atomic mass is 10.1. The van der Waals surface area contributed by atoms with E-state index in [1.54, 1.807) is 37.3 Å². The summed E-state index contributed by atoms with van der Waals surface area (Å²) >= 11 is 0. The van der Waals surface area contributed by atoms with Crippen LogP contribution in [-0.4, -0.2) is 24.8 Å². The first-order chi connectivity index (χ1) is 8.61. The summed E-state index contributed by atoms with van der Waals surface area (Å²) in [6, 6.07) is 6.70. The first kappa shape index (κ1) is 12.0. The van der Waals surface area contributed by atoms with Crippen molar-refractivity contribution in [2.24, 2.45) is 5.16 Å². The van der Waals surface area contributed by atoms with E-state index in [9.17, 15) is 9.59 Å². The summed E-state index contributed by atoms with van der Waals surface area (Å²) in [4.78, 5) is 27.1. The molecule has 5 nitrogen and oxygen atoms in total. The van der Waals surface area contributed by atoms with Crippen LogP contribution < -0.4 is 0 Å². The number of carbonyl (C=O) groups excluding carboxylic acids is 2. The van der Waals surface area contributed by atoms with E-state index in [4.69, 9.17) is 0 Å². The molecule has 18 heavy (non-hydrogen) atoms. The van der Waals surface area contributed by atoms with E-state index in [-0.39, 0.29) is 0 Å². The molecule has 0 bridgehead atoms. The molecule has 0 aromatic heterocycles. The van der Waals surface area contributed by atoms with Crippen LogP contribution in [0.1, 0.15) is 22.8 Å². The molecule has 0 fully saturated rings. The summed E-state index contributed by atoms with van der Waals surface area (Å²) in [6.07, 6.45) is 1.66. The molecule has 1 heterocycles. The monoisotopic (exact) mass is 245 g/mol. The molecule has 0 amide bonds. The van der Waals surface area contributed by atoms with Gasteiger partial charge in [-0.05, 0) is 30.7 Å². The molecule has 0 radical (unpaired) electrons. The molecule has 0 unspecified atom stereocenters. The second kappa shape index (κ2) is 4.83. The van der Waals surface area contributed by atoms with Gasteiger partial charge in [0.15, 0.2) is 0 Å². The number of oxime groups is 1. The Bertz CT molecular complexity index is 555. The fourth-order valence-electron chi connectivity index (χ4n) is 1.52. The van der Waals surface area contributed by atoms with Crippen molar-refractivity contribution in [3.05, 3.63) is 41.0 Å². The molecule has 1 aromatic rings. The average Bonchev–Trinajstić information content (AvgIpc) is 2.70. The fraction of sp³-hybridized carbons (Fsp3) is 0.154. The van der Waals surface area contributed by atoms with Gasteiger partial charge in [0, 0.05) is 0 Å². The van der Waals surface area contributed by atoms with Gasteiger partial charge in [0.25, 0.3) is 0 Å². The van der Waals surface area contributed by atoms with Crippen LogP contribution in [0.2, 0.25) is 0 Å². The summed E-state index contributed by atoms with van der Waals surface area (Å²) in [5.74, 6) is -0.864. The van der Waals surface area contributed by atoms with E-state index in [1.807, 2.05) is 0 Å². The normalized spacial score (nSPS) is 16.4. The molecule has 5 heteroatoms. The van der Waals surface area contributed by atoms with Crippen LogP contribution in [0, 0.1) is 0 Å². The molecule has 0 atom stereocenters. The molecule has 0 N–H and O–H groups in total. The highest BCUT2D eigenvalue weighted by Crippen LogP contribution is 2.16. The number of hydrogen-bond acceptors (Lipinski definition) is 5. The van der Waals surface area contributed by atoms with E-state index in [0.717, 1.165) is 5.56 Å². The average molecular weight is 245 g/mol. The Hall–Kier alpha value is -2.43. The second-order valence-electron chi connectivity index (χ2n) is 3.73. The maximum absolute atomic E-state index is 11.3. The zero-order valence-corrected chi connectivity index (χ0v) is 9.97. The van der Waals surface area contributed by atoms with Crippen molar-refractivity contribution in [1.29, 1.82) is 0 Å². The zero-order valence-electron chi connectivity index (χ0n) is 9.97. The first-order valence-corrected chi connectivity index (χ1v) is 5.28. The van der Waals surface area contributed by atoms with Gasteiger partial charge >= 0.3 is 11.9 Å². The van der Waals surface area contributed by atoms with Gasteiger partial charge in [0.1, 0.15) is 0 Å². The number of benzene rings is 1. The Morgan fingerprint density at radius 1 is 1.33 bits per heavy atom. The number of ether oxygens (including phenoxy) is 1. The lowest BCUT2D eigenvalue weighted by Crippen LogP contribution is -2.02. The Balaban J connectivity index is 2.26. The van der Waals surface area contributed by atoms with Crippen LogP contribution >= 0.6 is 0 Å². The van der Waals surface area contributed by atoms with E-state index < -0.39 is 11.9 Å². The van der Waals surface area contributed by atoms with Gasteiger partial charge in [-0.15, -0.1) is 0 Å². The van der Waals surface area contributed by atoms with Gasteiger partial charge in [-0.2, -0.15) is 0 Å². The molecule has 2 rings (SSSR count). The Morgan fingerprint density at radius 3 is 2.50 bits per heavy atom. The van der Waals surface area contributed by atoms with E-state index in [0.29, 0.717) is 16.8 Å². The van der Waals surface area contributed by atoms with Crippen molar-refractivity contribution in [3.8, 4) is 0 Å². The largest absolute Gasteiger partial charge is 0.465 e. The molecule has 0 saturated heterocycles. The lowest BCUT2D eigenvalue weighted by molar-refractivity contribution is -0.136.